The van der Waals surface area contributed by atoms with Crippen LogP contribution in [0.2, 0.25) is 18.1 Å². The summed E-state index contributed by atoms with van der Waals surface area (Å²) in [4.78, 5) is 61.8. The maximum atomic E-state index is 14.1. The van der Waals surface area contributed by atoms with Crippen LogP contribution >= 0.6 is 0 Å². The van der Waals surface area contributed by atoms with Crippen LogP contribution in [-0.2, 0) is 27.1 Å². The molecule has 0 bridgehead atoms. The van der Waals surface area contributed by atoms with E-state index in [-0.39, 0.29) is 61.4 Å². The summed E-state index contributed by atoms with van der Waals surface area (Å²) in [5.74, 6) is 0.850. The molecule has 4 heterocycles. The second-order valence-electron chi connectivity index (χ2n) is 17.7. The van der Waals surface area contributed by atoms with Gasteiger partial charge in [-0.1, -0.05) is 64.3 Å². The van der Waals surface area contributed by atoms with Crippen molar-refractivity contribution in [2.24, 2.45) is 0 Å². The molecule has 330 valence electrons. The number of aryl methyl sites for hydroxylation is 1. The lowest BCUT2D eigenvalue weighted by atomic mass is 9.96. The third-order valence-corrected chi connectivity index (χ3v) is 17.2. The number of methoxy groups -OCH3 is 1. The number of hydrogen-bond donors (Lipinski definition) is 0. The predicted molar refractivity (Wildman–Crippen MR) is 238 cm³/mol. The van der Waals surface area contributed by atoms with Crippen LogP contribution in [0.25, 0.3) is 0 Å². The van der Waals surface area contributed by atoms with Crippen molar-refractivity contribution >= 4 is 43.7 Å². The summed E-state index contributed by atoms with van der Waals surface area (Å²) in [6.45, 7) is 23.3. The van der Waals surface area contributed by atoms with Crippen molar-refractivity contribution in [3.05, 3.63) is 102 Å². The zero-order valence-electron chi connectivity index (χ0n) is 37.0. The van der Waals surface area contributed by atoms with Gasteiger partial charge in [-0.2, -0.15) is 0 Å². The molecule has 0 aliphatic carbocycles. The second-order valence-corrected chi connectivity index (χ2v) is 22.5. The van der Waals surface area contributed by atoms with Crippen molar-refractivity contribution in [1.82, 2.24) is 9.80 Å². The average Bonchev–Trinajstić information content (AvgIpc) is 3.29. The quantitative estimate of drug-likeness (QED) is 0.121. The first-order chi connectivity index (χ1) is 29.5. The lowest BCUT2D eigenvalue weighted by Gasteiger charge is -2.49. The highest BCUT2D eigenvalue weighted by Gasteiger charge is 2.52. The van der Waals surface area contributed by atoms with Gasteiger partial charge in [-0.05, 0) is 79.7 Å². The van der Waals surface area contributed by atoms with E-state index in [2.05, 4.69) is 47.0 Å². The Labute approximate surface area is 365 Å². The molecule has 2 unspecified atom stereocenters. The largest absolute Gasteiger partial charge is 0.493 e. The van der Waals surface area contributed by atoms with Crippen LogP contribution in [0.3, 0.4) is 0 Å². The number of carbonyl (C=O) groups is 4. The van der Waals surface area contributed by atoms with Crippen LogP contribution < -0.4 is 24.0 Å². The van der Waals surface area contributed by atoms with Gasteiger partial charge >= 0.3 is 12.2 Å². The highest BCUT2D eigenvalue weighted by molar-refractivity contribution is 6.74. The van der Waals surface area contributed by atoms with Crippen LogP contribution in [0, 0.1) is 6.92 Å². The van der Waals surface area contributed by atoms with Crippen molar-refractivity contribution in [1.29, 1.82) is 0 Å². The number of rotatable bonds is 13. The summed E-state index contributed by atoms with van der Waals surface area (Å²) < 4.78 is 36.6. The smallest absolute Gasteiger partial charge is 0.416 e. The molecule has 62 heavy (non-hydrogen) atoms. The van der Waals surface area contributed by atoms with Crippen LogP contribution in [0.4, 0.5) is 21.0 Å². The first kappa shape index (κ1) is 44.3. The second kappa shape index (κ2) is 17.5. The van der Waals surface area contributed by atoms with Gasteiger partial charge in [0.1, 0.15) is 32.2 Å². The molecule has 0 spiro atoms. The topological polar surface area (TPSA) is 137 Å². The molecule has 3 aromatic carbocycles. The van der Waals surface area contributed by atoms with Crippen molar-refractivity contribution in [2.75, 3.05) is 43.2 Å². The molecular weight excluding hydrogens is 809 g/mol. The summed E-state index contributed by atoms with van der Waals surface area (Å²) in [5, 5.41) is -0.163. The lowest BCUT2D eigenvalue weighted by molar-refractivity contribution is 0.00133. The van der Waals surface area contributed by atoms with E-state index >= 15 is 0 Å². The lowest BCUT2D eigenvalue weighted by Crippen LogP contribution is -2.64. The number of carbonyl (C=O) groups excluding carboxylic acids is 4. The van der Waals surface area contributed by atoms with Crippen molar-refractivity contribution in [3.8, 4) is 17.2 Å². The van der Waals surface area contributed by atoms with E-state index in [0.29, 0.717) is 59.3 Å². The van der Waals surface area contributed by atoms with Gasteiger partial charge < -0.3 is 37.9 Å². The van der Waals surface area contributed by atoms with Crippen LogP contribution in [0.5, 0.6) is 17.2 Å². The minimum Gasteiger partial charge on any atom is -0.493 e. The van der Waals surface area contributed by atoms with E-state index in [1.165, 1.54) is 29.1 Å². The molecule has 4 aliphatic rings. The Kier molecular flexibility index (Phi) is 12.5. The Bertz CT molecular complexity index is 2270. The van der Waals surface area contributed by atoms with Gasteiger partial charge in [-0.3, -0.25) is 14.5 Å². The van der Waals surface area contributed by atoms with Crippen molar-refractivity contribution in [3.63, 3.8) is 0 Å². The molecule has 0 radical (unpaired) electrons. The fourth-order valence-electron chi connectivity index (χ4n) is 8.13. The Balaban J connectivity index is 1.14. The van der Waals surface area contributed by atoms with E-state index in [1.54, 1.807) is 34.1 Å². The number of benzene rings is 3. The average molecular weight is 867 g/mol. The Morgan fingerprint density at radius 2 is 1.31 bits per heavy atom. The van der Waals surface area contributed by atoms with Crippen molar-refractivity contribution in [2.45, 2.75) is 103 Å². The Hall–Kier alpha value is -5.80. The highest BCUT2D eigenvalue weighted by Crippen LogP contribution is 2.45. The number of anilines is 2. The third-order valence-electron chi connectivity index (χ3n) is 12.8. The molecule has 4 aliphatic heterocycles. The minimum absolute atomic E-state index is 0.00441. The Morgan fingerprint density at radius 1 is 0.774 bits per heavy atom. The Morgan fingerprint density at radius 3 is 1.85 bits per heavy atom. The molecule has 4 amide bonds. The molecular formula is C47H58N4O10Si. The molecule has 0 aromatic heterocycles. The zero-order valence-corrected chi connectivity index (χ0v) is 38.0. The van der Waals surface area contributed by atoms with Gasteiger partial charge in [0.15, 0.2) is 26.0 Å². The third kappa shape index (κ3) is 8.27. The van der Waals surface area contributed by atoms with Gasteiger partial charge in [0, 0.05) is 25.2 Å². The summed E-state index contributed by atoms with van der Waals surface area (Å²) in [7, 11) is -0.956. The van der Waals surface area contributed by atoms with E-state index in [1.807, 2.05) is 38.1 Å². The van der Waals surface area contributed by atoms with E-state index in [4.69, 9.17) is 28.1 Å². The summed E-state index contributed by atoms with van der Waals surface area (Å²) >= 11 is 0. The molecule has 2 fully saturated rings. The van der Waals surface area contributed by atoms with Gasteiger partial charge in [-0.25, -0.2) is 14.5 Å². The summed E-state index contributed by atoms with van der Waals surface area (Å²) in [6.07, 6.45) is 2.50. The van der Waals surface area contributed by atoms with Crippen LogP contribution in [0.15, 0.2) is 73.8 Å². The fourth-order valence-corrected chi connectivity index (χ4v) is 9.35. The normalized spacial score (nSPS) is 20.5. The van der Waals surface area contributed by atoms with Gasteiger partial charge in [0.05, 0.1) is 47.7 Å². The predicted octanol–water partition coefficient (Wildman–Crippen LogP) is 8.61. The molecule has 2 saturated heterocycles. The van der Waals surface area contributed by atoms with Crippen molar-refractivity contribution < 1.29 is 47.3 Å². The zero-order chi connectivity index (χ0) is 44.7. The van der Waals surface area contributed by atoms with Gasteiger partial charge in [0.25, 0.3) is 11.8 Å². The molecule has 7 rings (SSSR count). The molecule has 0 saturated carbocycles. The molecule has 14 nitrogen and oxygen atoms in total. The number of amides is 4. The summed E-state index contributed by atoms with van der Waals surface area (Å²) in [5.41, 5.74) is 3.86. The van der Waals surface area contributed by atoms with Crippen LogP contribution in [-0.4, -0.2) is 99.9 Å². The molecule has 4 atom stereocenters. The van der Waals surface area contributed by atoms with Gasteiger partial charge in [-0.15, -0.1) is 0 Å². The number of nitrogens with zero attached hydrogens (tertiary/aromatic N) is 4. The highest BCUT2D eigenvalue weighted by atomic mass is 28.4. The van der Waals surface area contributed by atoms with E-state index in [9.17, 15) is 19.2 Å². The standard InChI is InChI=1S/C47H58N4O10Si/c1-11-20-57-45(54)50-30(4)35-16-18-48(35)43(53)34-24-40(56-8)41(26-37(34)50)60-28-32-15-13-14-31(23-32)27-59-39-25-38-33(22-29(39)3)42(52)49-19-17-36(49)44(51(38)46(55)58-21-12-2)61-62(9,10)47(5,6)7/h11-15,22-26,30,35-36,44H,1-2,16-21,27-28H2,3-10H3/t30?,35-,36-,44?/m0/s1. The summed E-state index contributed by atoms with van der Waals surface area (Å²) in [6, 6.07) is 13.7. The van der Waals surface area contributed by atoms with Crippen LogP contribution in [0.1, 0.15) is 77.9 Å². The first-order valence-electron chi connectivity index (χ1n) is 21.1. The van der Waals surface area contributed by atoms with E-state index < -0.39 is 26.7 Å². The SMILES string of the molecule is C=CCOC(=O)N1c2cc(OCc3cccc(COc4cc5c(cc4C)C(=O)N4CC[C@H]4C(O[Si](C)(C)C(C)(C)C)N5C(=O)OCC=C)c3)c(OC)cc2C(=O)N2CC[C@H]2C1C. The minimum atomic E-state index is -2.46. The molecule has 15 heteroatoms. The first-order valence-corrected chi connectivity index (χ1v) is 24.0. The number of fused-ring (bicyclic) bond motifs is 4. The molecule has 3 aromatic rings. The maximum absolute atomic E-state index is 14.1. The maximum Gasteiger partial charge on any atom is 0.416 e. The monoisotopic (exact) mass is 866 g/mol. The number of hydrogen-bond acceptors (Lipinski definition) is 10. The van der Waals surface area contributed by atoms with Gasteiger partial charge in [0.2, 0.25) is 0 Å². The van der Waals surface area contributed by atoms with E-state index in [0.717, 1.165) is 23.1 Å². The number of ether oxygens (including phenoxy) is 5. The molecule has 0 N–H and O–H groups in total. The fraction of sp³-hybridized carbons (Fsp3) is 0.447.